The molecule has 0 fully saturated rings. The Morgan fingerprint density at radius 2 is 0.974 bits per heavy atom. The minimum absolute atomic E-state index is 0.0565. The van der Waals surface area contributed by atoms with E-state index in [4.69, 9.17) is 43.1 Å². The van der Waals surface area contributed by atoms with Crippen LogP contribution in [0, 0.1) is 6.92 Å². The molecule has 0 aliphatic rings. The maximum atomic E-state index is 12.0. The highest BCUT2D eigenvalue weighted by Crippen LogP contribution is 2.19. The second-order valence-electron chi connectivity index (χ2n) is 8.15. The van der Waals surface area contributed by atoms with Crippen molar-refractivity contribution in [2.24, 2.45) is 0 Å². The summed E-state index contributed by atoms with van der Waals surface area (Å²) in [6, 6.07) is 13.8. The molecule has 0 bridgehead atoms. The third-order valence-corrected chi connectivity index (χ3v) is 6.37. The van der Waals surface area contributed by atoms with Crippen molar-refractivity contribution in [1.82, 2.24) is 0 Å². The first-order chi connectivity index (χ1) is 19.0. The van der Waals surface area contributed by atoms with Gasteiger partial charge < -0.3 is 38.9 Å². The van der Waals surface area contributed by atoms with Crippen molar-refractivity contribution >= 4 is 15.8 Å². The number of hydrogen-bond acceptors (Lipinski definition) is 11. The van der Waals surface area contributed by atoms with Crippen LogP contribution < -0.4 is 10.5 Å². The molecule has 0 atom stereocenters. The Bertz CT molecular complexity index is 988. The number of benzene rings is 2. The average Bonchev–Trinajstić information content (AvgIpc) is 2.92. The van der Waals surface area contributed by atoms with Crippen molar-refractivity contribution in [1.29, 1.82) is 0 Å². The minimum Gasteiger partial charge on any atom is -0.489 e. The zero-order chi connectivity index (χ0) is 28.0. The molecule has 0 heterocycles. The van der Waals surface area contributed by atoms with Gasteiger partial charge in [-0.15, -0.1) is 0 Å². The van der Waals surface area contributed by atoms with Crippen LogP contribution in [0.15, 0.2) is 53.4 Å². The number of anilines is 1. The SMILES string of the molecule is Cc1ccc(S(=O)(=O)OCCOCCOCCOCCOCCOCCOCCOc2ccccc2N)cc1. The van der Waals surface area contributed by atoms with Crippen molar-refractivity contribution in [2.75, 3.05) is 98.2 Å². The van der Waals surface area contributed by atoms with E-state index >= 15 is 0 Å². The van der Waals surface area contributed by atoms with Crippen LogP contribution in [0.4, 0.5) is 5.69 Å². The van der Waals surface area contributed by atoms with E-state index in [1.165, 1.54) is 12.1 Å². The van der Waals surface area contributed by atoms with Crippen LogP contribution in [0.1, 0.15) is 5.56 Å². The van der Waals surface area contributed by atoms with E-state index in [2.05, 4.69) is 0 Å². The molecule has 0 aromatic heterocycles. The Balaban J connectivity index is 1.25. The molecule has 0 aliphatic carbocycles. The van der Waals surface area contributed by atoms with Gasteiger partial charge in [0.15, 0.2) is 0 Å². The Kier molecular flexibility index (Phi) is 17.4. The van der Waals surface area contributed by atoms with Crippen LogP contribution in [0.3, 0.4) is 0 Å². The van der Waals surface area contributed by atoms with Crippen LogP contribution >= 0.6 is 0 Å². The number of nitrogen functional groups attached to an aromatic ring is 1. The summed E-state index contributed by atoms with van der Waals surface area (Å²) in [6.07, 6.45) is 0. The number of hydrogen-bond donors (Lipinski definition) is 1. The molecule has 12 heteroatoms. The lowest BCUT2D eigenvalue weighted by Gasteiger charge is -2.09. The van der Waals surface area contributed by atoms with E-state index in [1.54, 1.807) is 18.2 Å². The second-order valence-corrected chi connectivity index (χ2v) is 9.77. The number of aryl methyl sites for hydroxylation is 1. The predicted molar refractivity (Wildman–Crippen MR) is 146 cm³/mol. The zero-order valence-corrected chi connectivity index (χ0v) is 23.4. The van der Waals surface area contributed by atoms with Gasteiger partial charge in [-0.05, 0) is 31.2 Å². The number of ether oxygens (including phenoxy) is 7. The van der Waals surface area contributed by atoms with Gasteiger partial charge >= 0.3 is 0 Å². The Morgan fingerprint density at radius 1 is 0.564 bits per heavy atom. The van der Waals surface area contributed by atoms with E-state index in [1.807, 2.05) is 25.1 Å². The van der Waals surface area contributed by atoms with Crippen molar-refractivity contribution < 1.29 is 45.8 Å². The standard InChI is InChI=1S/C27H41NO10S/c1-24-6-8-25(9-7-24)39(29,30)38-23-21-36-19-17-34-15-13-32-11-10-31-12-14-33-16-18-35-20-22-37-27-5-3-2-4-26(27)28/h2-9H,10-23,28H2,1H3. The summed E-state index contributed by atoms with van der Waals surface area (Å²) in [7, 11) is -3.77. The first-order valence-electron chi connectivity index (χ1n) is 12.9. The topological polar surface area (TPSA) is 134 Å². The first kappa shape index (κ1) is 32.9. The van der Waals surface area contributed by atoms with Gasteiger partial charge in [0, 0.05) is 0 Å². The molecule has 0 aliphatic heterocycles. The highest BCUT2D eigenvalue weighted by Gasteiger charge is 2.14. The summed E-state index contributed by atoms with van der Waals surface area (Å²) in [5.41, 5.74) is 7.39. The number of rotatable bonds is 24. The molecule has 2 aromatic carbocycles. The normalized spacial score (nSPS) is 11.6. The molecule has 0 radical (unpaired) electrons. The first-order valence-corrected chi connectivity index (χ1v) is 14.3. The van der Waals surface area contributed by atoms with E-state index in [0.717, 1.165) is 5.56 Å². The van der Waals surface area contributed by atoms with Gasteiger partial charge in [-0.2, -0.15) is 8.42 Å². The Hall–Kier alpha value is -2.29. The fourth-order valence-corrected chi connectivity index (χ4v) is 3.89. The molecule has 220 valence electrons. The molecule has 0 saturated heterocycles. The van der Waals surface area contributed by atoms with Gasteiger partial charge in [0.05, 0.1) is 96.5 Å². The van der Waals surface area contributed by atoms with Gasteiger partial charge in [0.2, 0.25) is 0 Å². The molecule has 39 heavy (non-hydrogen) atoms. The summed E-state index contributed by atoms with van der Waals surface area (Å²) in [6.45, 7) is 7.27. The molecule has 0 unspecified atom stereocenters. The summed E-state index contributed by atoms with van der Waals surface area (Å²) in [5.74, 6) is 0.658. The maximum Gasteiger partial charge on any atom is 0.297 e. The molecule has 2 rings (SSSR count). The predicted octanol–water partition coefficient (Wildman–Crippen LogP) is 2.46. The van der Waals surface area contributed by atoms with Crippen molar-refractivity contribution in [3.05, 3.63) is 54.1 Å². The monoisotopic (exact) mass is 571 g/mol. The summed E-state index contributed by atoms with van der Waals surface area (Å²) >= 11 is 0. The van der Waals surface area contributed by atoms with Gasteiger partial charge in [0.1, 0.15) is 12.4 Å². The molecular weight excluding hydrogens is 530 g/mol. The average molecular weight is 572 g/mol. The van der Waals surface area contributed by atoms with Crippen LogP contribution in [0.2, 0.25) is 0 Å². The fraction of sp³-hybridized carbons (Fsp3) is 0.556. The zero-order valence-electron chi connectivity index (χ0n) is 22.6. The number of nitrogens with two attached hydrogens (primary N) is 1. The van der Waals surface area contributed by atoms with Gasteiger partial charge in [-0.25, -0.2) is 0 Å². The molecule has 2 N–H and O–H groups in total. The van der Waals surface area contributed by atoms with E-state index in [9.17, 15) is 8.42 Å². The van der Waals surface area contributed by atoms with Crippen molar-refractivity contribution in [3.8, 4) is 5.75 Å². The smallest absolute Gasteiger partial charge is 0.297 e. The van der Waals surface area contributed by atoms with Crippen LogP contribution in [-0.2, 0) is 42.7 Å². The fourth-order valence-electron chi connectivity index (χ4n) is 3.00. The lowest BCUT2D eigenvalue weighted by atomic mass is 10.2. The molecular formula is C27H41NO10S. The van der Waals surface area contributed by atoms with Gasteiger partial charge in [0.25, 0.3) is 10.1 Å². The Morgan fingerprint density at radius 3 is 1.44 bits per heavy atom. The molecule has 0 spiro atoms. The lowest BCUT2D eigenvalue weighted by Crippen LogP contribution is -2.15. The van der Waals surface area contributed by atoms with Gasteiger partial charge in [-0.3, -0.25) is 4.18 Å². The van der Waals surface area contributed by atoms with Crippen molar-refractivity contribution in [3.63, 3.8) is 0 Å². The molecule has 2 aromatic rings. The van der Waals surface area contributed by atoms with Crippen molar-refractivity contribution in [2.45, 2.75) is 11.8 Å². The summed E-state index contributed by atoms with van der Waals surface area (Å²) < 4.78 is 67.1. The van der Waals surface area contributed by atoms with Crippen LogP contribution in [0.25, 0.3) is 0 Å². The summed E-state index contributed by atoms with van der Waals surface area (Å²) in [5, 5.41) is 0. The highest BCUT2D eigenvalue weighted by atomic mass is 32.2. The van der Waals surface area contributed by atoms with E-state index < -0.39 is 10.1 Å². The number of para-hydroxylation sites is 2. The van der Waals surface area contributed by atoms with Crippen LogP contribution in [0.5, 0.6) is 5.75 Å². The highest BCUT2D eigenvalue weighted by molar-refractivity contribution is 7.86. The largest absolute Gasteiger partial charge is 0.489 e. The molecule has 0 saturated carbocycles. The molecule has 11 nitrogen and oxygen atoms in total. The third kappa shape index (κ3) is 15.8. The van der Waals surface area contributed by atoms with Crippen LogP contribution in [-0.4, -0.2) is 101 Å². The Labute approximate surface area is 231 Å². The third-order valence-electron chi connectivity index (χ3n) is 5.04. The van der Waals surface area contributed by atoms with E-state index in [0.29, 0.717) is 90.7 Å². The lowest BCUT2D eigenvalue weighted by molar-refractivity contribution is -0.0186. The minimum atomic E-state index is -3.77. The van der Waals surface area contributed by atoms with Gasteiger partial charge in [-0.1, -0.05) is 29.8 Å². The maximum absolute atomic E-state index is 12.0. The molecule has 0 amide bonds. The van der Waals surface area contributed by atoms with E-state index in [-0.39, 0.29) is 18.1 Å². The summed E-state index contributed by atoms with van der Waals surface area (Å²) in [4.78, 5) is 0.129. The second kappa shape index (κ2) is 20.6. The quantitative estimate of drug-likeness (QED) is 0.113.